The van der Waals surface area contributed by atoms with E-state index in [0.717, 1.165) is 36.8 Å². The summed E-state index contributed by atoms with van der Waals surface area (Å²) in [6, 6.07) is 10.4. The number of piperidine rings is 1. The number of hydrogen-bond acceptors (Lipinski definition) is 4. The predicted molar refractivity (Wildman–Crippen MR) is 87.4 cm³/mol. The highest BCUT2D eigenvalue weighted by Gasteiger charge is 2.17. The van der Waals surface area contributed by atoms with Gasteiger partial charge in [-0.15, -0.1) is 0 Å². The van der Waals surface area contributed by atoms with E-state index < -0.39 is 0 Å². The fourth-order valence-corrected chi connectivity index (χ4v) is 3.01. The number of nitrogens with one attached hydrogen (secondary N) is 1. The first kappa shape index (κ1) is 15.0. The van der Waals surface area contributed by atoms with Crippen LogP contribution in [0.15, 0.2) is 30.3 Å². The first-order valence-corrected chi connectivity index (χ1v) is 7.92. The number of rotatable bonds is 4. The summed E-state index contributed by atoms with van der Waals surface area (Å²) in [5, 5.41) is 3.46. The van der Waals surface area contributed by atoms with E-state index in [9.17, 15) is 0 Å². The normalized spacial score (nSPS) is 18.2. The van der Waals surface area contributed by atoms with Gasteiger partial charge in [0.15, 0.2) is 0 Å². The molecule has 0 radical (unpaired) electrons. The second kappa shape index (κ2) is 6.88. The Morgan fingerprint density at radius 2 is 2.05 bits per heavy atom. The Morgan fingerprint density at radius 1 is 1.23 bits per heavy atom. The van der Waals surface area contributed by atoms with E-state index in [1.54, 1.807) is 7.11 Å². The molecule has 1 aliphatic heterocycles. The highest BCUT2D eigenvalue weighted by molar-refractivity contribution is 5.30. The summed E-state index contributed by atoms with van der Waals surface area (Å²) in [4.78, 5) is 9.26. The first-order valence-electron chi connectivity index (χ1n) is 7.92. The summed E-state index contributed by atoms with van der Waals surface area (Å²) in [6.07, 6.45) is 3.27. The average molecular weight is 297 g/mol. The van der Waals surface area contributed by atoms with Crippen LogP contribution in [0.3, 0.4) is 0 Å². The maximum absolute atomic E-state index is 5.20. The zero-order valence-electron chi connectivity index (χ0n) is 13.3. The minimum absolute atomic E-state index is 0.519. The number of methoxy groups -OCH3 is 1. The predicted octanol–water partition coefficient (Wildman–Crippen LogP) is 2.85. The molecule has 3 rings (SSSR count). The van der Waals surface area contributed by atoms with Crippen LogP contribution in [-0.4, -0.2) is 30.2 Å². The number of aryl methyl sites for hydroxylation is 1. The summed E-state index contributed by atoms with van der Waals surface area (Å²) < 4.78 is 5.20. The summed E-state index contributed by atoms with van der Waals surface area (Å²) >= 11 is 0. The standard InChI is InChI=1S/C18H23N3O/c1-13-20-16(10-14-5-7-17(22-2)8-6-14)11-18(21-13)15-4-3-9-19-12-15/h5-8,11,15,19H,3-4,9-10,12H2,1-2H3/t15-/m1/s1. The van der Waals surface area contributed by atoms with Gasteiger partial charge in [-0.25, -0.2) is 9.97 Å². The maximum atomic E-state index is 5.20. The molecule has 0 amide bonds. The lowest BCUT2D eigenvalue weighted by Gasteiger charge is -2.22. The lowest BCUT2D eigenvalue weighted by atomic mass is 9.95. The minimum Gasteiger partial charge on any atom is -0.497 e. The van der Waals surface area contributed by atoms with Crippen molar-refractivity contribution in [1.29, 1.82) is 0 Å². The molecule has 1 aromatic carbocycles. The molecule has 1 fully saturated rings. The minimum atomic E-state index is 0.519. The van der Waals surface area contributed by atoms with Crippen LogP contribution in [0.5, 0.6) is 5.75 Å². The molecule has 116 valence electrons. The second-order valence-corrected chi connectivity index (χ2v) is 5.90. The summed E-state index contributed by atoms with van der Waals surface area (Å²) in [6.45, 7) is 4.13. The van der Waals surface area contributed by atoms with E-state index in [4.69, 9.17) is 4.74 Å². The van der Waals surface area contributed by atoms with Crippen LogP contribution in [0.4, 0.5) is 0 Å². The van der Waals surface area contributed by atoms with E-state index >= 15 is 0 Å². The molecule has 0 unspecified atom stereocenters. The van der Waals surface area contributed by atoms with Gasteiger partial charge < -0.3 is 10.1 Å². The third-order valence-electron chi connectivity index (χ3n) is 4.17. The fourth-order valence-electron chi connectivity index (χ4n) is 3.01. The number of hydrogen-bond donors (Lipinski definition) is 1. The average Bonchev–Trinajstić information content (AvgIpc) is 2.56. The third-order valence-corrected chi connectivity index (χ3v) is 4.17. The molecule has 2 aromatic rings. The Balaban J connectivity index is 1.79. The van der Waals surface area contributed by atoms with E-state index in [1.165, 1.54) is 24.1 Å². The lowest BCUT2D eigenvalue weighted by Crippen LogP contribution is -2.29. The molecule has 2 heterocycles. The quantitative estimate of drug-likeness (QED) is 0.942. The summed E-state index contributed by atoms with van der Waals surface area (Å²) in [5.41, 5.74) is 3.52. The highest BCUT2D eigenvalue weighted by atomic mass is 16.5. The van der Waals surface area contributed by atoms with Gasteiger partial charge in [-0.3, -0.25) is 0 Å². The van der Waals surface area contributed by atoms with Gasteiger partial charge in [-0.05, 0) is 50.1 Å². The number of ether oxygens (including phenoxy) is 1. The zero-order chi connectivity index (χ0) is 15.4. The van der Waals surface area contributed by atoms with Gasteiger partial charge in [0.1, 0.15) is 11.6 Å². The number of nitrogens with zero attached hydrogens (tertiary/aromatic N) is 2. The molecule has 1 aromatic heterocycles. The van der Waals surface area contributed by atoms with Gasteiger partial charge in [0.2, 0.25) is 0 Å². The zero-order valence-corrected chi connectivity index (χ0v) is 13.3. The van der Waals surface area contributed by atoms with Crippen molar-refractivity contribution in [2.24, 2.45) is 0 Å². The third kappa shape index (κ3) is 3.63. The molecule has 0 aliphatic carbocycles. The number of aromatic nitrogens is 2. The first-order chi connectivity index (χ1) is 10.7. The smallest absolute Gasteiger partial charge is 0.125 e. The van der Waals surface area contributed by atoms with Crippen molar-refractivity contribution in [2.45, 2.75) is 32.1 Å². The van der Waals surface area contributed by atoms with Gasteiger partial charge in [-0.1, -0.05) is 12.1 Å². The lowest BCUT2D eigenvalue weighted by molar-refractivity contribution is 0.414. The molecule has 0 bridgehead atoms. The molecule has 1 N–H and O–H groups in total. The Labute approximate surface area is 132 Å². The highest BCUT2D eigenvalue weighted by Crippen LogP contribution is 2.23. The van der Waals surface area contributed by atoms with Crippen molar-refractivity contribution in [3.63, 3.8) is 0 Å². The molecule has 1 saturated heterocycles. The van der Waals surface area contributed by atoms with Crippen LogP contribution in [0.1, 0.15) is 41.5 Å². The van der Waals surface area contributed by atoms with Crippen LogP contribution in [0.25, 0.3) is 0 Å². The van der Waals surface area contributed by atoms with Crippen molar-refractivity contribution >= 4 is 0 Å². The van der Waals surface area contributed by atoms with Crippen LogP contribution >= 0.6 is 0 Å². The Bertz CT molecular complexity index is 619. The fraction of sp³-hybridized carbons (Fsp3) is 0.444. The molecular weight excluding hydrogens is 274 g/mol. The van der Waals surface area contributed by atoms with E-state index in [1.807, 2.05) is 19.1 Å². The topological polar surface area (TPSA) is 47.0 Å². The van der Waals surface area contributed by atoms with Gasteiger partial charge in [0, 0.05) is 30.3 Å². The van der Waals surface area contributed by atoms with Crippen molar-refractivity contribution in [3.8, 4) is 5.75 Å². The van der Waals surface area contributed by atoms with Crippen molar-refractivity contribution in [1.82, 2.24) is 15.3 Å². The summed E-state index contributed by atoms with van der Waals surface area (Å²) in [5.74, 6) is 2.27. The van der Waals surface area contributed by atoms with Crippen LogP contribution in [0, 0.1) is 6.92 Å². The second-order valence-electron chi connectivity index (χ2n) is 5.90. The molecular formula is C18H23N3O. The van der Waals surface area contributed by atoms with Crippen molar-refractivity contribution < 1.29 is 4.74 Å². The SMILES string of the molecule is COc1ccc(Cc2cc([C@@H]3CCCNC3)nc(C)n2)cc1. The maximum Gasteiger partial charge on any atom is 0.125 e. The summed E-state index contributed by atoms with van der Waals surface area (Å²) in [7, 11) is 1.69. The molecule has 1 aliphatic rings. The molecule has 4 nitrogen and oxygen atoms in total. The van der Waals surface area contributed by atoms with Gasteiger partial charge in [-0.2, -0.15) is 0 Å². The Morgan fingerprint density at radius 3 is 2.73 bits per heavy atom. The molecule has 22 heavy (non-hydrogen) atoms. The molecule has 0 spiro atoms. The van der Waals surface area contributed by atoms with Crippen LogP contribution < -0.4 is 10.1 Å². The largest absolute Gasteiger partial charge is 0.497 e. The van der Waals surface area contributed by atoms with Crippen LogP contribution in [0.2, 0.25) is 0 Å². The Kier molecular flexibility index (Phi) is 4.68. The molecule has 0 saturated carbocycles. The molecule has 1 atom stereocenters. The van der Waals surface area contributed by atoms with Crippen molar-refractivity contribution in [3.05, 3.63) is 53.1 Å². The van der Waals surface area contributed by atoms with E-state index in [-0.39, 0.29) is 0 Å². The number of benzene rings is 1. The van der Waals surface area contributed by atoms with Crippen molar-refractivity contribution in [2.75, 3.05) is 20.2 Å². The van der Waals surface area contributed by atoms with E-state index in [0.29, 0.717) is 5.92 Å². The van der Waals surface area contributed by atoms with Crippen LogP contribution in [-0.2, 0) is 6.42 Å². The van der Waals surface area contributed by atoms with Gasteiger partial charge in [0.05, 0.1) is 7.11 Å². The van der Waals surface area contributed by atoms with Gasteiger partial charge in [0.25, 0.3) is 0 Å². The molecule has 4 heteroatoms. The van der Waals surface area contributed by atoms with Gasteiger partial charge >= 0.3 is 0 Å². The van der Waals surface area contributed by atoms with E-state index in [2.05, 4.69) is 33.5 Å². The monoisotopic (exact) mass is 297 g/mol. The Hall–Kier alpha value is -1.94.